The second-order valence-electron chi connectivity index (χ2n) is 7.22. The number of rotatable bonds is 0. The van der Waals surface area contributed by atoms with Crippen molar-refractivity contribution in [2.24, 2.45) is 5.41 Å². The third-order valence-electron chi connectivity index (χ3n) is 3.31. The summed E-state index contributed by atoms with van der Waals surface area (Å²) in [6, 6.07) is 16.9. The van der Waals surface area contributed by atoms with E-state index in [2.05, 4.69) is 86.2 Å². The van der Waals surface area contributed by atoms with Crippen LogP contribution in [0.15, 0.2) is 54.9 Å². The van der Waals surface area contributed by atoms with E-state index in [-0.39, 0.29) is 0 Å². The van der Waals surface area contributed by atoms with Crippen molar-refractivity contribution in [1.29, 1.82) is 0 Å². The van der Waals surface area contributed by atoms with Crippen LogP contribution in [0.1, 0.15) is 27.7 Å². The van der Waals surface area contributed by atoms with Crippen LogP contribution in [0.5, 0.6) is 0 Å². The molecule has 0 spiro atoms. The fourth-order valence-electron chi connectivity index (χ4n) is 2.56. The number of aromatic nitrogens is 2. The van der Waals surface area contributed by atoms with Crippen LogP contribution in [0.2, 0.25) is 0 Å². The Labute approximate surface area is 131 Å². The number of imidazole rings is 1. The zero-order valence-corrected chi connectivity index (χ0v) is 13.6. The highest BCUT2D eigenvalue weighted by molar-refractivity contribution is 6.22. The van der Waals surface area contributed by atoms with Crippen molar-refractivity contribution in [2.45, 2.75) is 27.7 Å². The van der Waals surface area contributed by atoms with Gasteiger partial charge in [-0.25, -0.2) is 4.98 Å². The number of aromatic amines is 1. The lowest BCUT2D eigenvalue weighted by molar-refractivity contribution is 0.469. The quantitative estimate of drug-likeness (QED) is 0.400. The molecule has 0 radical (unpaired) electrons. The van der Waals surface area contributed by atoms with Crippen molar-refractivity contribution in [3.05, 3.63) is 54.9 Å². The van der Waals surface area contributed by atoms with Gasteiger partial charge in [-0.3, -0.25) is 0 Å². The first-order valence-corrected chi connectivity index (χ1v) is 7.68. The number of hydrogen-bond donors (Lipinski definition) is 1. The summed E-state index contributed by atoms with van der Waals surface area (Å²) in [7, 11) is 0. The molecule has 0 atom stereocenters. The molecule has 112 valence electrons. The molecule has 0 fully saturated rings. The number of hydrogen-bond acceptors (Lipinski definition) is 1. The molecule has 0 aliphatic heterocycles. The first-order chi connectivity index (χ1) is 10.4. The molecule has 3 aromatic carbocycles. The van der Waals surface area contributed by atoms with E-state index in [1.54, 1.807) is 6.33 Å². The highest BCUT2D eigenvalue weighted by Gasteiger charge is 2.08. The van der Waals surface area contributed by atoms with Gasteiger partial charge < -0.3 is 4.98 Å². The lowest BCUT2D eigenvalue weighted by atomic mass is 10.0. The molecule has 1 aromatic heterocycles. The maximum Gasteiger partial charge on any atom is 0.0967 e. The molecule has 4 aromatic rings. The van der Waals surface area contributed by atoms with Gasteiger partial charge in [0.15, 0.2) is 0 Å². The molecule has 1 N–H and O–H groups in total. The Hall–Kier alpha value is -2.35. The third-order valence-corrected chi connectivity index (χ3v) is 3.31. The molecule has 0 aliphatic carbocycles. The van der Waals surface area contributed by atoms with E-state index in [1.165, 1.54) is 21.5 Å². The molecule has 2 nitrogen and oxygen atoms in total. The van der Waals surface area contributed by atoms with Crippen LogP contribution in [0, 0.1) is 5.41 Å². The Morgan fingerprint density at radius 3 is 1.77 bits per heavy atom. The van der Waals surface area contributed by atoms with Crippen molar-refractivity contribution < 1.29 is 0 Å². The molecule has 0 bridgehead atoms. The number of nitrogens with one attached hydrogen (secondary N) is 1. The Morgan fingerprint density at radius 1 is 0.727 bits per heavy atom. The minimum Gasteiger partial charge on any atom is -0.344 e. The topological polar surface area (TPSA) is 28.7 Å². The van der Waals surface area contributed by atoms with Crippen molar-refractivity contribution >= 4 is 32.6 Å². The van der Waals surface area contributed by atoms with Gasteiger partial charge in [0.2, 0.25) is 0 Å². The minimum atomic E-state index is 0.500. The Bertz CT molecular complexity index is 851. The summed E-state index contributed by atoms with van der Waals surface area (Å²) in [4.78, 5) is 7.69. The van der Waals surface area contributed by atoms with Crippen LogP contribution in [-0.4, -0.2) is 9.97 Å². The van der Waals surface area contributed by atoms with E-state index in [1.807, 2.05) is 0 Å². The van der Waals surface area contributed by atoms with Gasteiger partial charge in [0.25, 0.3) is 0 Å². The van der Waals surface area contributed by atoms with Gasteiger partial charge in [0.1, 0.15) is 0 Å². The third kappa shape index (κ3) is 2.82. The number of fused-ring (bicyclic) bond motifs is 6. The SMILES string of the molecule is CC(C)(C)C.c1ccc2c(c1)c1ccccc1c1[nH]cnc21. The molecule has 0 amide bonds. The van der Waals surface area contributed by atoms with E-state index in [0.717, 1.165) is 11.0 Å². The molecule has 0 aliphatic rings. The van der Waals surface area contributed by atoms with E-state index < -0.39 is 0 Å². The maximum absolute atomic E-state index is 4.44. The fourth-order valence-corrected chi connectivity index (χ4v) is 2.56. The fraction of sp³-hybridized carbons (Fsp3) is 0.250. The molecule has 2 heteroatoms. The van der Waals surface area contributed by atoms with Gasteiger partial charge in [-0.15, -0.1) is 0 Å². The summed E-state index contributed by atoms with van der Waals surface area (Å²) in [6.07, 6.45) is 1.77. The maximum atomic E-state index is 4.44. The first kappa shape index (κ1) is 14.6. The minimum absolute atomic E-state index is 0.500. The average Bonchev–Trinajstić information content (AvgIpc) is 2.96. The van der Waals surface area contributed by atoms with Crippen LogP contribution in [0.4, 0.5) is 0 Å². The number of nitrogens with zero attached hydrogens (tertiary/aromatic N) is 1. The van der Waals surface area contributed by atoms with Gasteiger partial charge in [-0.1, -0.05) is 76.2 Å². The highest BCUT2D eigenvalue weighted by atomic mass is 14.9. The van der Waals surface area contributed by atoms with E-state index in [9.17, 15) is 0 Å². The second-order valence-corrected chi connectivity index (χ2v) is 7.22. The van der Waals surface area contributed by atoms with Crippen molar-refractivity contribution in [3.8, 4) is 0 Å². The summed E-state index contributed by atoms with van der Waals surface area (Å²) < 4.78 is 0. The lowest BCUT2D eigenvalue weighted by Gasteiger charge is -2.05. The summed E-state index contributed by atoms with van der Waals surface area (Å²) in [5.41, 5.74) is 2.68. The molecule has 1 heterocycles. The Morgan fingerprint density at radius 2 is 1.18 bits per heavy atom. The lowest BCUT2D eigenvalue weighted by Crippen LogP contribution is -1.93. The van der Waals surface area contributed by atoms with Gasteiger partial charge in [0, 0.05) is 10.8 Å². The summed E-state index contributed by atoms with van der Waals surface area (Å²) in [5.74, 6) is 0. The van der Waals surface area contributed by atoms with E-state index in [4.69, 9.17) is 0 Å². The van der Waals surface area contributed by atoms with Crippen molar-refractivity contribution in [2.75, 3.05) is 0 Å². The van der Waals surface area contributed by atoms with Gasteiger partial charge in [0.05, 0.1) is 17.4 Å². The highest BCUT2D eigenvalue weighted by Crippen LogP contribution is 2.32. The van der Waals surface area contributed by atoms with Crippen LogP contribution in [0.3, 0.4) is 0 Å². The summed E-state index contributed by atoms with van der Waals surface area (Å²) in [6.45, 7) is 8.75. The zero-order valence-electron chi connectivity index (χ0n) is 13.6. The number of benzene rings is 3. The molecule has 4 rings (SSSR count). The average molecular weight is 290 g/mol. The van der Waals surface area contributed by atoms with Crippen LogP contribution >= 0.6 is 0 Å². The van der Waals surface area contributed by atoms with Crippen LogP contribution < -0.4 is 0 Å². The Balaban J connectivity index is 0.000000254. The van der Waals surface area contributed by atoms with Crippen molar-refractivity contribution in [1.82, 2.24) is 9.97 Å². The largest absolute Gasteiger partial charge is 0.344 e. The smallest absolute Gasteiger partial charge is 0.0967 e. The summed E-state index contributed by atoms with van der Waals surface area (Å²) in [5, 5.41) is 4.99. The molecule has 0 saturated heterocycles. The van der Waals surface area contributed by atoms with Crippen molar-refractivity contribution in [3.63, 3.8) is 0 Å². The normalized spacial score (nSPS) is 11.6. The predicted molar refractivity (Wildman–Crippen MR) is 96.2 cm³/mol. The predicted octanol–water partition coefficient (Wildman–Crippen LogP) is 5.92. The van der Waals surface area contributed by atoms with E-state index in [0.29, 0.717) is 5.41 Å². The van der Waals surface area contributed by atoms with E-state index >= 15 is 0 Å². The molecule has 22 heavy (non-hydrogen) atoms. The molecular formula is C20H22N2. The van der Waals surface area contributed by atoms with Crippen LogP contribution in [0.25, 0.3) is 32.6 Å². The van der Waals surface area contributed by atoms with Gasteiger partial charge in [-0.2, -0.15) is 0 Å². The van der Waals surface area contributed by atoms with Crippen LogP contribution in [-0.2, 0) is 0 Å². The Kier molecular flexibility index (Phi) is 3.61. The number of H-pyrrole nitrogens is 1. The molecule has 0 unspecified atom stereocenters. The second kappa shape index (κ2) is 5.45. The monoisotopic (exact) mass is 290 g/mol. The first-order valence-electron chi connectivity index (χ1n) is 7.68. The standard InChI is InChI=1S/C15H10N2.C5H12/c1-3-7-12-10(5-1)11-6-2-4-8-13(11)15-14(12)16-9-17-15;1-5(2,3)4/h1-9H,(H,16,17);1-4H3. The molecule has 0 saturated carbocycles. The van der Waals surface area contributed by atoms with Gasteiger partial charge >= 0.3 is 0 Å². The summed E-state index contributed by atoms with van der Waals surface area (Å²) >= 11 is 0. The zero-order chi connectivity index (χ0) is 15.7. The van der Waals surface area contributed by atoms with Gasteiger partial charge in [-0.05, 0) is 16.2 Å². The molecular weight excluding hydrogens is 268 g/mol.